The van der Waals surface area contributed by atoms with Crippen LogP contribution in [0, 0.1) is 0 Å². The fourth-order valence-corrected chi connectivity index (χ4v) is 2.12. The zero-order valence-corrected chi connectivity index (χ0v) is 10.8. The van der Waals surface area contributed by atoms with Gasteiger partial charge in [-0.3, -0.25) is 9.36 Å². The number of hydrogen-bond acceptors (Lipinski definition) is 4. The summed E-state index contributed by atoms with van der Waals surface area (Å²) in [4.78, 5) is 23.8. The molecular formula is C15H12N2O3. The molecule has 0 fully saturated rings. The van der Waals surface area contributed by atoms with E-state index in [1.54, 1.807) is 49.5 Å². The predicted octanol–water partition coefficient (Wildman–Crippen LogP) is 1.94. The van der Waals surface area contributed by atoms with E-state index in [4.69, 9.17) is 10.2 Å². The zero-order valence-electron chi connectivity index (χ0n) is 10.8. The minimum absolute atomic E-state index is 0.161. The van der Waals surface area contributed by atoms with Crippen LogP contribution in [0.3, 0.4) is 0 Å². The minimum atomic E-state index is -0.450. The number of carbonyl (C=O) groups excluding carboxylic acids is 1. The van der Waals surface area contributed by atoms with Gasteiger partial charge in [0.1, 0.15) is 0 Å². The molecule has 0 saturated heterocycles. The maximum absolute atomic E-state index is 12.4. The normalized spacial score (nSPS) is 10.8. The van der Waals surface area contributed by atoms with Crippen LogP contribution in [0.1, 0.15) is 15.9 Å². The molecule has 0 saturated carbocycles. The van der Waals surface area contributed by atoms with E-state index in [0.29, 0.717) is 27.9 Å². The first-order valence-corrected chi connectivity index (χ1v) is 6.06. The second kappa shape index (κ2) is 4.38. The lowest BCUT2D eigenvalue weighted by Crippen LogP contribution is -2.08. The van der Waals surface area contributed by atoms with Gasteiger partial charge in [-0.15, -0.1) is 0 Å². The van der Waals surface area contributed by atoms with Crippen molar-refractivity contribution >= 4 is 22.6 Å². The molecule has 5 nitrogen and oxygen atoms in total. The van der Waals surface area contributed by atoms with Crippen LogP contribution in [0.4, 0.5) is 5.69 Å². The summed E-state index contributed by atoms with van der Waals surface area (Å²) in [5.41, 5.74) is 8.21. The van der Waals surface area contributed by atoms with Crippen LogP contribution in [0.15, 0.2) is 51.7 Å². The molecule has 0 spiro atoms. The second-order valence-corrected chi connectivity index (χ2v) is 4.56. The fraction of sp³-hybridized carbons (Fsp3) is 0.0667. The van der Waals surface area contributed by atoms with Gasteiger partial charge in [-0.2, -0.15) is 0 Å². The van der Waals surface area contributed by atoms with Crippen molar-refractivity contribution in [3.8, 4) is 0 Å². The highest BCUT2D eigenvalue weighted by Gasteiger charge is 2.13. The van der Waals surface area contributed by atoms with Crippen molar-refractivity contribution in [3.63, 3.8) is 0 Å². The standard InChI is InChI=1S/C15H12N2O3/c1-17-12-6-5-10(8-13(12)20-15(17)19)14(18)9-3-2-4-11(16)7-9/h2-8H,16H2,1H3. The Hall–Kier alpha value is -2.82. The van der Waals surface area contributed by atoms with Gasteiger partial charge >= 0.3 is 5.76 Å². The van der Waals surface area contributed by atoms with Crippen molar-refractivity contribution in [2.75, 3.05) is 5.73 Å². The number of hydrogen-bond donors (Lipinski definition) is 1. The lowest BCUT2D eigenvalue weighted by atomic mass is 10.0. The van der Waals surface area contributed by atoms with Crippen molar-refractivity contribution in [2.45, 2.75) is 0 Å². The highest BCUT2D eigenvalue weighted by Crippen LogP contribution is 2.18. The molecule has 2 aromatic carbocycles. The summed E-state index contributed by atoms with van der Waals surface area (Å²) >= 11 is 0. The molecule has 1 heterocycles. The third-order valence-corrected chi connectivity index (χ3v) is 3.20. The molecule has 0 aliphatic heterocycles. The molecule has 0 atom stereocenters. The van der Waals surface area contributed by atoms with E-state index in [0.717, 1.165) is 0 Å². The molecule has 0 radical (unpaired) electrons. The van der Waals surface area contributed by atoms with E-state index in [-0.39, 0.29) is 5.78 Å². The number of aromatic nitrogens is 1. The molecule has 2 N–H and O–H groups in total. The quantitative estimate of drug-likeness (QED) is 0.569. The van der Waals surface area contributed by atoms with E-state index in [1.807, 2.05) is 0 Å². The summed E-state index contributed by atoms with van der Waals surface area (Å²) in [5.74, 6) is -0.612. The minimum Gasteiger partial charge on any atom is -0.408 e. The van der Waals surface area contributed by atoms with Gasteiger partial charge in [0.05, 0.1) is 5.52 Å². The Morgan fingerprint density at radius 1 is 1.15 bits per heavy atom. The van der Waals surface area contributed by atoms with Gasteiger partial charge < -0.3 is 10.2 Å². The van der Waals surface area contributed by atoms with Crippen LogP contribution in [0.5, 0.6) is 0 Å². The number of nitrogen functional groups attached to an aromatic ring is 1. The van der Waals surface area contributed by atoms with E-state index in [9.17, 15) is 9.59 Å². The summed E-state index contributed by atoms with van der Waals surface area (Å²) in [6, 6.07) is 11.7. The van der Waals surface area contributed by atoms with E-state index >= 15 is 0 Å². The molecule has 3 aromatic rings. The van der Waals surface area contributed by atoms with Crippen LogP contribution in [0.25, 0.3) is 11.1 Å². The van der Waals surface area contributed by atoms with Crippen LogP contribution in [-0.2, 0) is 7.05 Å². The second-order valence-electron chi connectivity index (χ2n) is 4.56. The van der Waals surface area contributed by atoms with Crippen LogP contribution in [0.2, 0.25) is 0 Å². The molecule has 0 aliphatic carbocycles. The molecule has 0 aliphatic rings. The van der Waals surface area contributed by atoms with Crippen molar-refractivity contribution in [1.82, 2.24) is 4.57 Å². The average molecular weight is 268 g/mol. The van der Waals surface area contributed by atoms with Gasteiger partial charge in [-0.05, 0) is 30.3 Å². The van der Waals surface area contributed by atoms with Gasteiger partial charge in [0, 0.05) is 23.9 Å². The SMILES string of the molecule is Cn1c(=O)oc2cc(C(=O)c3cccc(N)c3)ccc21. The highest BCUT2D eigenvalue weighted by molar-refractivity contribution is 6.10. The number of anilines is 1. The summed E-state index contributed by atoms with van der Waals surface area (Å²) < 4.78 is 6.47. The number of benzene rings is 2. The Balaban J connectivity index is 2.10. The third-order valence-electron chi connectivity index (χ3n) is 3.20. The van der Waals surface area contributed by atoms with Gasteiger partial charge in [0.2, 0.25) is 0 Å². The van der Waals surface area contributed by atoms with Crippen molar-refractivity contribution in [2.24, 2.45) is 7.05 Å². The lowest BCUT2D eigenvalue weighted by molar-refractivity contribution is 0.103. The topological polar surface area (TPSA) is 78.2 Å². The Labute approximate surface area is 114 Å². The van der Waals surface area contributed by atoms with Crippen LogP contribution >= 0.6 is 0 Å². The largest absolute Gasteiger partial charge is 0.419 e. The molecule has 100 valence electrons. The monoisotopic (exact) mass is 268 g/mol. The Morgan fingerprint density at radius 3 is 2.65 bits per heavy atom. The van der Waals surface area contributed by atoms with Crippen molar-refractivity contribution in [3.05, 3.63) is 64.1 Å². The summed E-state index contributed by atoms with van der Waals surface area (Å²) in [6.45, 7) is 0. The maximum Gasteiger partial charge on any atom is 0.419 e. The summed E-state index contributed by atoms with van der Waals surface area (Å²) in [5, 5.41) is 0. The van der Waals surface area contributed by atoms with Gasteiger partial charge in [0.25, 0.3) is 0 Å². The van der Waals surface area contributed by atoms with E-state index in [1.165, 1.54) is 4.57 Å². The first-order chi connectivity index (χ1) is 9.56. The number of nitrogens with zero attached hydrogens (tertiary/aromatic N) is 1. The van der Waals surface area contributed by atoms with Crippen LogP contribution < -0.4 is 11.5 Å². The molecule has 3 rings (SSSR count). The first kappa shape index (κ1) is 12.2. The van der Waals surface area contributed by atoms with Gasteiger partial charge in [-0.25, -0.2) is 4.79 Å². The third kappa shape index (κ3) is 1.89. The molecule has 20 heavy (non-hydrogen) atoms. The number of oxazole rings is 1. The van der Waals surface area contributed by atoms with E-state index in [2.05, 4.69) is 0 Å². The molecule has 1 aromatic heterocycles. The number of rotatable bonds is 2. The first-order valence-electron chi connectivity index (χ1n) is 6.06. The molecule has 0 amide bonds. The Kier molecular flexibility index (Phi) is 2.68. The fourth-order valence-electron chi connectivity index (χ4n) is 2.12. The predicted molar refractivity (Wildman–Crippen MR) is 75.7 cm³/mol. The Bertz CT molecular complexity index is 874. The molecule has 5 heteroatoms. The lowest BCUT2D eigenvalue weighted by Gasteiger charge is -2.02. The number of ketones is 1. The Morgan fingerprint density at radius 2 is 1.90 bits per heavy atom. The number of fused-ring (bicyclic) bond motifs is 1. The van der Waals surface area contributed by atoms with Crippen LogP contribution in [-0.4, -0.2) is 10.4 Å². The van der Waals surface area contributed by atoms with Crippen molar-refractivity contribution < 1.29 is 9.21 Å². The summed E-state index contributed by atoms with van der Waals surface area (Å²) in [7, 11) is 1.62. The zero-order chi connectivity index (χ0) is 14.3. The number of aryl methyl sites for hydroxylation is 1. The smallest absolute Gasteiger partial charge is 0.408 e. The number of nitrogens with two attached hydrogens (primary N) is 1. The molecule has 0 unspecified atom stereocenters. The number of carbonyl (C=O) groups is 1. The summed E-state index contributed by atoms with van der Waals surface area (Å²) in [6.07, 6.45) is 0. The molecule has 0 bridgehead atoms. The maximum atomic E-state index is 12.4. The average Bonchev–Trinajstić information content (AvgIpc) is 2.73. The van der Waals surface area contributed by atoms with Crippen molar-refractivity contribution in [1.29, 1.82) is 0 Å². The highest BCUT2D eigenvalue weighted by atomic mass is 16.4. The van der Waals surface area contributed by atoms with E-state index < -0.39 is 5.76 Å². The van der Waals surface area contributed by atoms with Gasteiger partial charge in [-0.1, -0.05) is 12.1 Å². The van der Waals surface area contributed by atoms with Gasteiger partial charge in [0.15, 0.2) is 11.4 Å². The molecular weight excluding hydrogens is 256 g/mol.